The maximum Gasteiger partial charge on any atom is 0.0917 e. The molecule has 0 bridgehead atoms. The lowest BCUT2D eigenvalue weighted by atomic mass is 10.1. The number of nitrogens with two attached hydrogens (primary N) is 1. The van der Waals surface area contributed by atoms with Crippen LogP contribution in [-0.2, 0) is 6.42 Å². The summed E-state index contributed by atoms with van der Waals surface area (Å²) in [5, 5.41) is 12.1. The van der Waals surface area contributed by atoms with Gasteiger partial charge in [-0.15, -0.1) is 0 Å². The molecule has 0 heterocycles. The number of halogens is 3. The predicted molar refractivity (Wildman–Crippen MR) is 112 cm³/mol. The number of nitrogen functional groups attached to an aromatic ring is 1. The molecule has 0 radical (unpaired) electrons. The summed E-state index contributed by atoms with van der Waals surface area (Å²) < 4.78 is 0. The topological polar surface area (TPSA) is 49.5 Å². The first kappa shape index (κ1) is 21.3. The average Bonchev–Trinajstić information content (AvgIpc) is 2.61. The van der Waals surface area contributed by atoms with Gasteiger partial charge in [-0.3, -0.25) is 0 Å². The SMILES string of the molecule is CCCN(CCCc1ccc(Cl)cc1)CC(O)c1cc(Cl)c(N)c(Cl)c1. The molecular formula is C20H25Cl3N2O. The number of aryl methyl sites for hydroxylation is 1. The molecule has 0 saturated carbocycles. The van der Waals surface area contributed by atoms with E-state index in [9.17, 15) is 5.11 Å². The van der Waals surface area contributed by atoms with E-state index in [0.717, 1.165) is 37.4 Å². The smallest absolute Gasteiger partial charge is 0.0917 e. The third-order valence-electron chi connectivity index (χ3n) is 4.31. The molecule has 0 aliphatic carbocycles. The molecule has 2 aromatic rings. The van der Waals surface area contributed by atoms with Gasteiger partial charge in [0.2, 0.25) is 0 Å². The lowest BCUT2D eigenvalue weighted by molar-refractivity contribution is 0.112. The standard InChI is InChI=1S/C20H25Cl3N2O/c1-2-9-25(10-3-4-14-5-7-16(21)8-6-14)13-19(26)15-11-17(22)20(24)18(23)12-15/h5-8,11-12,19,26H,2-4,9-10,13,24H2,1H3. The van der Waals surface area contributed by atoms with Gasteiger partial charge in [0.05, 0.1) is 21.8 Å². The highest BCUT2D eigenvalue weighted by Crippen LogP contribution is 2.31. The number of benzene rings is 2. The molecule has 0 aromatic heterocycles. The van der Waals surface area contributed by atoms with Gasteiger partial charge in [-0.05, 0) is 67.7 Å². The van der Waals surface area contributed by atoms with Crippen molar-refractivity contribution in [2.45, 2.75) is 32.3 Å². The molecule has 142 valence electrons. The summed E-state index contributed by atoms with van der Waals surface area (Å²) in [6.45, 7) is 4.50. The summed E-state index contributed by atoms with van der Waals surface area (Å²) in [5.74, 6) is 0. The third kappa shape index (κ3) is 6.33. The Morgan fingerprint density at radius 3 is 2.23 bits per heavy atom. The van der Waals surface area contributed by atoms with E-state index in [1.165, 1.54) is 5.56 Å². The van der Waals surface area contributed by atoms with Crippen LogP contribution >= 0.6 is 34.8 Å². The van der Waals surface area contributed by atoms with Crippen LogP contribution in [0.1, 0.15) is 37.0 Å². The summed E-state index contributed by atoms with van der Waals surface area (Å²) in [4.78, 5) is 2.26. The second kappa shape index (κ2) is 10.4. The van der Waals surface area contributed by atoms with Crippen molar-refractivity contribution in [3.8, 4) is 0 Å². The van der Waals surface area contributed by atoms with Gasteiger partial charge in [-0.1, -0.05) is 53.9 Å². The minimum absolute atomic E-state index is 0.345. The van der Waals surface area contributed by atoms with Crippen LogP contribution in [0.25, 0.3) is 0 Å². The summed E-state index contributed by atoms with van der Waals surface area (Å²) >= 11 is 18.1. The molecule has 0 aliphatic rings. The van der Waals surface area contributed by atoms with E-state index in [1.54, 1.807) is 12.1 Å². The first-order valence-electron chi connectivity index (χ1n) is 8.80. The highest BCUT2D eigenvalue weighted by Gasteiger charge is 2.16. The van der Waals surface area contributed by atoms with Crippen molar-refractivity contribution in [2.24, 2.45) is 0 Å². The van der Waals surface area contributed by atoms with Crippen molar-refractivity contribution in [1.29, 1.82) is 0 Å². The first-order chi connectivity index (χ1) is 12.4. The molecule has 26 heavy (non-hydrogen) atoms. The first-order valence-corrected chi connectivity index (χ1v) is 9.93. The van der Waals surface area contributed by atoms with Crippen LogP contribution in [0.4, 0.5) is 5.69 Å². The second-order valence-electron chi connectivity index (χ2n) is 6.44. The van der Waals surface area contributed by atoms with E-state index >= 15 is 0 Å². The van der Waals surface area contributed by atoms with E-state index in [1.807, 2.05) is 12.1 Å². The zero-order valence-electron chi connectivity index (χ0n) is 14.9. The zero-order chi connectivity index (χ0) is 19.1. The van der Waals surface area contributed by atoms with Gasteiger partial charge in [0.25, 0.3) is 0 Å². The average molecular weight is 416 g/mol. The Balaban J connectivity index is 1.93. The molecule has 1 atom stereocenters. The van der Waals surface area contributed by atoms with Crippen molar-refractivity contribution in [3.63, 3.8) is 0 Å². The Morgan fingerprint density at radius 1 is 1.04 bits per heavy atom. The van der Waals surface area contributed by atoms with Crippen LogP contribution in [-0.4, -0.2) is 29.6 Å². The van der Waals surface area contributed by atoms with Crippen molar-refractivity contribution < 1.29 is 5.11 Å². The fraction of sp³-hybridized carbons (Fsp3) is 0.400. The lowest BCUT2D eigenvalue weighted by Crippen LogP contribution is -2.30. The summed E-state index contributed by atoms with van der Waals surface area (Å²) in [6, 6.07) is 11.3. The molecule has 0 saturated heterocycles. The largest absolute Gasteiger partial charge is 0.396 e. The summed E-state index contributed by atoms with van der Waals surface area (Å²) in [6.07, 6.45) is 2.36. The molecule has 2 aromatic carbocycles. The minimum Gasteiger partial charge on any atom is -0.396 e. The van der Waals surface area contributed by atoms with E-state index in [-0.39, 0.29) is 0 Å². The number of rotatable bonds is 9. The maximum atomic E-state index is 10.6. The summed E-state index contributed by atoms with van der Waals surface area (Å²) in [5.41, 5.74) is 8.07. The van der Waals surface area contributed by atoms with Crippen LogP contribution in [0.3, 0.4) is 0 Å². The van der Waals surface area contributed by atoms with Gasteiger partial charge in [-0.25, -0.2) is 0 Å². The van der Waals surface area contributed by atoms with E-state index < -0.39 is 6.10 Å². The monoisotopic (exact) mass is 414 g/mol. The number of nitrogens with zero attached hydrogens (tertiary/aromatic N) is 1. The van der Waals surface area contributed by atoms with Crippen molar-refractivity contribution >= 4 is 40.5 Å². The second-order valence-corrected chi connectivity index (χ2v) is 7.70. The lowest BCUT2D eigenvalue weighted by Gasteiger charge is -2.25. The van der Waals surface area contributed by atoms with Crippen LogP contribution < -0.4 is 5.73 Å². The van der Waals surface area contributed by atoms with Gasteiger partial charge in [-0.2, -0.15) is 0 Å². The molecule has 3 N–H and O–H groups in total. The van der Waals surface area contributed by atoms with Gasteiger partial charge < -0.3 is 15.7 Å². The van der Waals surface area contributed by atoms with E-state index in [0.29, 0.717) is 27.8 Å². The van der Waals surface area contributed by atoms with E-state index in [4.69, 9.17) is 40.5 Å². The normalized spacial score (nSPS) is 12.5. The molecule has 0 amide bonds. The van der Waals surface area contributed by atoms with E-state index in [2.05, 4.69) is 24.0 Å². The Hall–Kier alpha value is -0.970. The van der Waals surface area contributed by atoms with Crippen LogP contribution in [0, 0.1) is 0 Å². The van der Waals surface area contributed by atoms with Gasteiger partial charge in [0.1, 0.15) is 0 Å². The highest BCUT2D eigenvalue weighted by molar-refractivity contribution is 6.38. The third-order valence-corrected chi connectivity index (χ3v) is 5.19. The Bertz CT molecular complexity index is 684. The predicted octanol–water partition coefficient (Wildman–Crippen LogP) is 5.61. The number of hydrogen-bond acceptors (Lipinski definition) is 3. The molecule has 1 unspecified atom stereocenters. The number of anilines is 1. The molecule has 0 spiro atoms. The van der Waals surface area contributed by atoms with Gasteiger partial charge in [0.15, 0.2) is 0 Å². The van der Waals surface area contributed by atoms with Crippen molar-refractivity contribution in [3.05, 3.63) is 62.6 Å². The van der Waals surface area contributed by atoms with Gasteiger partial charge in [0, 0.05) is 11.6 Å². The minimum atomic E-state index is -0.660. The Kier molecular flexibility index (Phi) is 8.52. The quantitative estimate of drug-likeness (QED) is 0.523. The Labute approximate surface area is 170 Å². The van der Waals surface area contributed by atoms with Crippen LogP contribution in [0.15, 0.2) is 36.4 Å². The maximum absolute atomic E-state index is 10.6. The number of aliphatic hydroxyl groups excluding tert-OH is 1. The van der Waals surface area contributed by atoms with Crippen molar-refractivity contribution in [1.82, 2.24) is 4.90 Å². The number of hydrogen-bond donors (Lipinski definition) is 2. The molecule has 6 heteroatoms. The molecular weight excluding hydrogens is 391 g/mol. The Morgan fingerprint density at radius 2 is 1.65 bits per heavy atom. The van der Waals surface area contributed by atoms with Gasteiger partial charge >= 0.3 is 0 Å². The van der Waals surface area contributed by atoms with Crippen LogP contribution in [0.2, 0.25) is 15.1 Å². The van der Waals surface area contributed by atoms with Crippen LogP contribution in [0.5, 0.6) is 0 Å². The molecule has 0 fully saturated rings. The summed E-state index contributed by atoms with van der Waals surface area (Å²) in [7, 11) is 0. The number of aliphatic hydroxyl groups is 1. The fourth-order valence-corrected chi connectivity index (χ4v) is 3.54. The fourth-order valence-electron chi connectivity index (χ4n) is 2.91. The zero-order valence-corrected chi connectivity index (χ0v) is 17.2. The molecule has 2 rings (SSSR count). The molecule has 3 nitrogen and oxygen atoms in total. The molecule has 0 aliphatic heterocycles. The highest BCUT2D eigenvalue weighted by atomic mass is 35.5. The van der Waals surface area contributed by atoms with Crippen molar-refractivity contribution in [2.75, 3.05) is 25.4 Å².